The van der Waals surface area contributed by atoms with Crippen molar-refractivity contribution in [3.8, 4) is 0 Å². The van der Waals surface area contributed by atoms with E-state index in [0.29, 0.717) is 24.3 Å². The third kappa shape index (κ3) is 6.57. The number of halogens is 12. The van der Waals surface area contributed by atoms with Gasteiger partial charge in [-0.3, -0.25) is 0 Å². The number of rotatable bonds is 3. The summed E-state index contributed by atoms with van der Waals surface area (Å²) in [5, 5.41) is 0. The van der Waals surface area contributed by atoms with Gasteiger partial charge in [-0.15, -0.1) is 0 Å². The topological polar surface area (TPSA) is 0 Å². The van der Waals surface area contributed by atoms with E-state index in [2.05, 4.69) is 0 Å². The van der Waals surface area contributed by atoms with E-state index in [1.807, 2.05) is 0 Å². The van der Waals surface area contributed by atoms with Crippen molar-refractivity contribution in [1.29, 1.82) is 0 Å². The fraction of sp³-hybridized carbons (Fsp3) is 0.250. The van der Waals surface area contributed by atoms with Crippen LogP contribution in [0.5, 0.6) is 0 Å². The Labute approximate surface area is 171 Å². The van der Waals surface area contributed by atoms with Crippen molar-refractivity contribution in [3.05, 3.63) is 58.7 Å². The molecule has 0 aliphatic carbocycles. The van der Waals surface area contributed by atoms with E-state index in [1.54, 1.807) is 0 Å². The van der Waals surface area contributed by atoms with E-state index in [9.17, 15) is 52.7 Å². The Morgan fingerprint density at radius 2 is 0.567 bits per heavy atom. The molecule has 0 aliphatic heterocycles. The normalized spacial score (nSPS) is 13.6. The Balaban J connectivity index is 2.43. The summed E-state index contributed by atoms with van der Waals surface area (Å²) in [4.78, 5) is 0. The van der Waals surface area contributed by atoms with Crippen LogP contribution in [-0.2, 0) is 24.7 Å². The molecule has 0 saturated heterocycles. The van der Waals surface area contributed by atoms with Crippen LogP contribution in [0.25, 0.3) is 0 Å². The minimum absolute atomic E-state index is 0.112. The summed E-state index contributed by atoms with van der Waals surface area (Å²) in [7, 11) is 0. The molecule has 0 spiro atoms. The van der Waals surface area contributed by atoms with Gasteiger partial charge >= 0.3 is 171 Å². The molecule has 0 radical (unpaired) electrons. The van der Waals surface area contributed by atoms with Gasteiger partial charge in [-0.2, -0.15) is 0 Å². The molecule has 2 rings (SSSR count). The second-order valence-corrected chi connectivity index (χ2v) is 12.0. The van der Waals surface area contributed by atoms with Gasteiger partial charge in [0, 0.05) is 0 Å². The summed E-state index contributed by atoms with van der Waals surface area (Å²) in [6.45, 7) is 0. The quantitative estimate of drug-likeness (QED) is 0.351. The van der Waals surface area contributed by atoms with Gasteiger partial charge in [0.15, 0.2) is 0 Å². The summed E-state index contributed by atoms with van der Waals surface area (Å²) >= 11 is -2.50. The van der Waals surface area contributed by atoms with Crippen LogP contribution in [0.3, 0.4) is 0 Å². The maximum atomic E-state index is 12.9. The van der Waals surface area contributed by atoms with Crippen molar-refractivity contribution in [2.45, 2.75) is 24.7 Å². The van der Waals surface area contributed by atoms with E-state index in [1.165, 1.54) is 0 Å². The zero-order valence-electron chi connectivity index (χ0n) is 13.8. The molecule has 0 aromatic heterocycles. The van der Waals surface area contributed by atoms with Crippen molar-refractivity contribution in [2.75, 3.05) is 0 Å². The molecular weight excluding hydrogens is 578 g/mol. The molecule has 0 nitrogen and oxygen atoms in total. The number of benzene rings is 2. The molecule has 14 heteroatoms. The van der Waals surface area contributed by atoms with E-state index in [-0.39, 0.29) is 12.1 Å². The SMILES string of the molecule is FC(F)(F)c1cc([Se][Se]c2cc(C(F)(F)F)cc(C(F)(F)F)c2)cc(C(F)(F)F)c1. The summed E-state index contributed by atoms with van der Waals surface area (Å²) in [6, 6.07) is 1.42. The fourth-order valence-electron chi connectivity index (χ4n) is 2.05. The molecule has 0 unspecified atom stereocenters. The molecule has 0 aliphatic rings. The number of hydrogen-bond acceptors (Lipinski definition) is 0. The molecule has 0 heterocycles. The van der Waals surface area contributed by atoms with E-state index < -0.39 is 82.1 Å². The average molecular weight is 584 g/mol. The molecule has 166 valence electrons. The number of alkyl halides is 12. The van der Waals surface area contributed by atoms with Gasteiger partial charge in [0.25, 0.3) is 0 Å². The van der Waals surface area contributed by atoms with Crippen molar-refractivity contribution in [3.63, 3.8) is 0 Å². The molecule has 0 N–H and O–H groups in total. The van der Waals surface area contributed by atoms with Gasteiger partial charge < -0.3 is 0 Å². The van der Waals surface area contributed by atoms with Gasteiger partial charge in [-0.25, -0.2) is 0 Å². The molecule has 0 saturated carbocycles. The molecule has 0 fully saturated rings. The maximum absolute atomic E-state index is 12.9. The molecule has 0 bridgehead atoms. The molecule has 2 aromatic carbocycles. The van der Waals surface area contributed by atoms with Crippen LogP contribution in [0.2, 0.25) is 0 Å². The zero-order valence-corrected chi connectivity index (χ0v) is 17.2. The van der Waals surface area contributed by atoms with Crippen molar-refractivity contribution in [2.24, 2.45) is 0 Å². The summed E-state index contributed by atoms with van der Waals surface area (Å²) in [6.07, 6.45) is -20.4. The molecule has 30 heavy (non-hydrogen) atoms. The van der Waals surface area contributed by atoms with Gasteiger partial charge in [-0.1, -0.05) is 0 Å². The van der Waals surface area contributed by atoms with Crippen LogP contribution in [0.4, 0.5) is 52.7 Å². The van der Waals surface area contributed by atoms with Crippen molar-refractivity contribution < 1.29 is 52.7 Å². The number of hydrogen-bond donors (Lipinski definition) is 0. The molecule has 0 atom stereocenters. The molecule has 2 aromatic rings. The van der Waals surface area contributed by atoms with Crippen LogP contribution < -0.4 is 8.92 Å². The Bertz CT molecular complexity index is 766. The zero-order chi connectivity index (χ0) is 23.1. The van der Waals surface area contributed by atoms with Crippen molar-refractivity contribution in [1.82, 2.24) is 0 Å². The second kappa shape index (κ2) is 8.29. The summed E-state index contributed by atoms with van der Waals surface area (Å²) in [5.74, 6) is 0. The fourth-order valence-corrected chi connectivity index (χ4v) is 8.11. The van der Waals surface area contributed by atoms with Gasteiger partial charge in [0.1, 0.15) is 0 Å². The van der Waals surface area contributed by atoms with E-state index in [0.717, 1.165) is 0 Å². The Morgan fingerprint density at radius 1 is 0.367 bits per heavy atom. The predicted octanol–water partition coefficient (Wildman–Crippen LogP) is 5.04. The first-order valence-electron chi connectivity index (χ1n) is 7.31. The standard InChI is InChI=1S/C16H6F12Se2/c17-13(18,19)7-1-8(14(20,21)22)4-11(3-7)29-30-12-5-9(15(23,24)25)2-10(6-12)16(26,27)28/h1-6H. The summed E-state index contributed by atoms with van der Waals surface area (Å²) < 4.78 is 153. The minimum atomic E-state index is -5.11. The first kappa shape index (κ1) is 24.9. The Kier molecular flexibility index (Phi) is 6.88. The average Bonchev–Trinajstić information content (AvgIpc) is 2.56. The Hall–Kier alpha value is -1.36. The van der Waals surface area contributed by atoms with Crippen molar-refractivity contribution >= 4 is 35.2 Å². The first-order chi connectivity index (χ1) is 13.4. The monoisotopic (exact) mass is 586 g/mol. The van der Waals surface area contributed by atoms with Crippen LogP contribution in [0, 0.1) is 0 Å². The van der Waals surface area contributed by atoms with Gasteiger partial charge in [-0.05, 0) is 0 Å². The van der Waals surface area contributed by atoms with Crippen LogP contribution in [0.15, 0.2) is 36.4 Å². The predicted molar refractivity (Wildman–Crippen MR) is 83.7 cm³/mol. The van der Waals surface area contributed by atoms with E-state index in [4.69, 9.17) is 0 Å². The summed E-state index contributed by atoms with van der Waals surface area (Å²) in [5.41, 5.74) is -6.43. The van der Waals surface area contributed by atoms with Gasteiger partial charge in [0.05, 0.1) is 0 Å². The molecular formula is C16H6F12Se2. The third-order valence-electron chi connectivity index (χ3n) is 3.36. The third-order valence-corrected chi connectivity index (χ3v) is 10.4. The first-order valence-corrected chi connectivity index (χ1v) is 13.4. The molecule has 0 amide bonds. The van der Waals surface area contributed by atoms with Crippen LogP contribution in [0.1, 0.15) is 22.3 Å². The van der Waals surface area contributed by atoms with Crippen LogP contribution >= 0.6 is 0 Å². The second-order valence-electron chi connectivity index (χ2n) is 5.65. The van der Waals surface area contributed by atoms with Gasteiger partial charge in [0.2, 0.25) is 0 Å². The van der Waals surface area contributed by atoms with E-state index >= 15 is 0 Å². The van der Waals surface area contributed by atoms with Crippen LogP contribution in [-0.4, -0.2) is 26.3 Å². The Morgan fingerprint density at radius 3 is 0.733 bits per heavy atom.